The van der Waals surface area contributed by atoms with Crippen molar-refractivity contribution >= 4 is 23.0 Å². The lowest BCUT2D eigenvalue weighted by atomic mass is 10.1. The third-order valence-electron chi connectivity index (χ3n) is 3.54. The van der Waals surface area contributed by atoms with Crippen LogP contribution in [0.25, 0.3) is 10.9 Å². The Morgan fingerprint density at radius 3 is 2.67 bits per heavy atom. The van der Waals surface area contributed by atoms with E-state index in [0.717, 1.165) is 41.7 Å². The molecule has 0 saturated carbocycles. The van der Waals surface area contributed by atoms with Crippen LogP contribution in [0.15, 0.2) is 30.3 Å². The van der Waals surface area contributed by atoms with Crippen molar-refractivity contribution in [1.82, 2.24) is 4.98 Å². The van der Waals surface area contributed by atoms with Gasteiger partial charge in [-0.25, -0.2) is 4.98 Å². The summed E-state index contributed by atoms with van der Waals surface area (Å²) in [5.74, 6) is 0.940. The smallest absolute Gasteiger partial charge is 0.150 e. The first-order valence-electron chi connectivity index (χ1n) is 6.48. The molecule has 0 atom stereocenters. The summed E-state index contributed by atoms with van der Waals surface area (Å²) < 4.78 is 0. The number of para-hydroxylation sites is 1. The Morgan fingerprint density at radius 1 is 1.11 bits per heavy atom. The molecule has 1 aliphatic rings. The first-order chi connectivity index (χ1) is 8.88. The number of carbonyl (C=O) groups excluding carboxylic acids is 1. The van der Waals surface area contributed by atoms with Gasteiger partial charge in [-0.15, -0.1) is 0 Å². The van der Waals surface area contributed by atoms with Crippen LogP contribution in [-0.2, 0) is 0 Å². The topological polar surface area (TPSA) is 33.2 Å². The van der Waals surface area contributed by atoms with E-state index in [-0.39, 0.29) is 0 Å². The molecule has 0 bridgehead atoms. The predicted molar refractivity (Wildman–Crippen MR) is 73.2 cm³/mol. The minimum atomic E-state index is 0.737. The molecule has 3 nitrogen and oxygen atoms in total. The Bertz CT molecular complexity index is 574. The Morgan fingerprint density at radius 2 is 1.89 bits per heavy atom. The molecule has 18 heavy (non-hydrogen) atoms. The second kappa shape index (κ2) is 4.77. The number of hydrogen-bond acceptors (Lipinski definition) is 3. The molecule has 0 unspecified atom stereocenters. The van der Waals surface area contributed by atoms with Gasteiger partial charge in [-0.3, -0.25) is 4.79 Å². The number of nitrogens with zero attached hydrogens (tertiary/aromatic N) is 2. The Kier molecular flexibility index (Phi) is 2.97. The molecule has 1 aromatic carbocycles. The maximum absolute atomic E-state index is 11.2. The van der Waals surface area contributed by atoms with Crippen molar-refractivity contribution in [3.05, 3.63) is 35.9 Å². The van der Waals surface area contributed by atoms with Gasteiger partial charge in [-0.05, 0) is 31.4 Å². The van der Waals surface area contributed by atoms with Gasteiger partial charge in [-0.2, -0.15) is 0 Å². The van der Waals surface area contributed by atoms with E-state index in [0.29, 0.717) is 0 Å². The van der Waals surface area contributed by atoms with Gasteiger partial charge in [-0.1, -0.05) is 18.2 Å². The van der Waals surface area contributed by atoms with Crippen molar-refractivity contribution in [2.75, 3.05) is 18.0 Å². The minimum Gasteiger partial charge on any atom is -0.357 e. The fourth-order valence-corrected chi connectivity index (χ4v) is 2.57. The number of anilines is 1. The number of aldehydes is 1. The van der Waals surface area contributed by atoms with E-state index in [2.05, 4.69) is 9.88 Å². The molecule has 3 heteroatoms. The van der Waals surface area contributed by atoms with Crippen LogP contribution in [0.3, 0.4) is 0 Å². The number of rotatable bonds is 2. The molecule has 1 fully saturated rings. The zero-order chi connectivity index (χ0) is 12.4. The summed E-state index contributed by atoms with van der Waals surface area (Å²) in [6.45, 7) is 2.09. The maximum atomic E-state index is 11.2. The van der Waals surface area contributed by atoms with Gasteiger partial charge in [0.25, 0.3) is 0 Å². The van der Waals surface area contributed by atoms with Gasteiger partial charge in [0.05, 0.1) is 5.52 Å². The molecule has 3 rings (SSSR count). The van der Waals surface area contributed by atoms with E-state index in [1.165, 1.54) is 19.3 Å². The SMILES string of the molecule is O=Cc1cc(N2CCCCC2)nc2ccccc12. The number of hydrogen-bond donors (Lipinski definition) is 0. The van der Waals surface area contributed by atoms with Crippen LogP contribution in [0, 0.1) is 0 Å². The number of benzene rings is 1. The fraction of sp³-hybridized carbons (Fsp3) is 0.333. The average Bonchev–Trinajstić information content (AvgIpc) is 2.47. The monoisotopic (exact) mass is 240 g/mol. The lowest BCUT2D eigenvalue weighted by Gasteiger charge is -2.28. The lowest BCUT2D eigenvalue weighted by Crippen LogP contribution is -2.30. The predicted octanol–water partition coefficient (Wildman–Crippen LogP) is 3.04. The van der Waals surface area contributed by atoms with Crippen molar-refractivity contribution in [2.24, 2.45) is 0 Å². The third-order valence-corrected chi connectivity index (χ3v) is 3.54. The molecule has 1 aromatic heterocycles. The molecule has 0 spiro atoms. The summed E-state index contributed by atoms with van der Waals surface area (Å²) >= 11 is 0. The highest BCUT2D eigenvalue weighted by atomic mass is 16.1. The molecule has 2 aromatic rings. The molecular formula is C15H16N2O. The van der Waals surface area contributed by atoms with Crippen LogP contribution < -0.4 is 4.90 Å². The van der Waals surface area contributed by atoms with Crippen LogP contribution in [-0.4, -0.2) is 24.4 Å². The molecule has 1 aliphatic heterocycles. The number of carbonyl (C=O) groups is 1. The Balaban J connectivity index is 2.09. The van der Waals surface area contributed by atoms with Gasteiger partial charge in [0, 0.05) is 24.0 Å². The van der Waals surface area contributed by atoms with Gasteiger partial charge in [0.2, 0.25) is 0 Å². The highest BCUT2D eigenvalue weighted by molar-refractivity contribution is 5.97. The molecule has 2 heterocycles. The van der Waals surface area contributed by atoms with Gasteiger partial charge < -0.3 is 4.90 Å². The first-order valence-corrected chi connectivity index (χ1v) is 6.48. The van der Waals surface area contributed by atoms with Crippen LogP contribution >= 0.6 is 0 Å². The third kappa shape index (κ3) is 1.96. The van der Waals surface area contributed by atoms with E-state index in [1.807, 2.05) is 30.3 Å². The minimum absolute atomic E-state index is 0.737. The van der Waals surface area contributed by atoms with Crippen LogP contribution in [0.5, 0.6) is 0 Å². The summed E-state index contributed by atoms with van der Waals surface area (Å²) in [6.07, 6.45) is 4.65. The summed E-state index contributed by atoms with van der Waals surface area (Å²) in [7, 11) is 0. The second-order valence-electron chi connectivity index (χ2n) is 4.75. The summed E-state index contributed by atoms with van der Waals surface area (Å²) in [6, 6.07) is 9.74. The highest BCUT2D eigenvalue weighted by Gasteiger charge is 2.14. The van der Waals surface area contributed by atoms with Gasteiger partial charge in [0.1, 0.15) is 5.82 Å². The maximum Gasteiger partial charge on any atom is 0.150 e. The van der Waals surface area contributed by atoms with E-state index < -0.39 is 0 Å². The van der Waals surface area contributed by atoms with E-state index >= 15 is 0 Å². The average molecular weight is 240 g/mol. The largest absolute Gasteiger partial charge is 0.357 e. The van der Waals surface area contributed by atoms with Crippen molar-refractivity contribution in [3.8, 4) is 0 Å². The fourth-order valence-electron chi connectivity index (χ4n) is 2.57. The number of pyridine rings is 1. The molecular weight excluding hydrogens is 224 g/mol. The van der Waals surface area contributed by atoms with Gasteiger partial charge >= 0.3 is 0 Å². The number of piperidine rings is 1. The standard InChI is InChI=1S/C15H16N2O/c18-11-12-10-15(17-8-4-1-5-9-17)16-14-7-3-2-6-13(12)14/h2-3,6-7,10-11H,1,4-5,8-9H2. The van der Waals surface area contributed by atoms with Crippen LogP contribution in [0.4, 0.5) is 5.82 Å². The van der Waals surface area contributed by atoms with Crippen LogP contribution in [0.2, 0.25) is 0 Å². The highest BCUT2D eigenvalue weighted by Crippen LogP contribution is 2.24. The van der Waals surface area contributed by atoms with E-state index in [9.17, 15) is 4.79 Å². The molecule has 0 radical (unpaired) electrons. The summed E-state index contributed by atoms with van der Waals surface area (Å²) in [5.41, 5.74) is 1.64. The van der Waals surface area contributed by atoms with Crippen molar-refractivity contribution < 1.29 is 4.79 Å². The molecule has 1 saturated heterocycles. The summed E-state index contributed by atoms with van der Waals surface area (Å²) in [5, 5.41) is 0.938. The molecule has 0 aliphatic carbocycles. The van der Waals surface area contributed by atoms with E-state index in [1.54, 1.807) is 0 Å². The quantitative estimate of drug-likeness (QED) is 0.756. The molecule has 0 N–H and O–H groups in total. The Labute approximate surface area is 106 Å². The second-order valence-corrected chi connectivity index (χ2v) is 4.75. The Hall–Kier alpha value is -1.90. The van der Waals surface area contributed by atoms with Crippen LogP contribution in [0.1, 0.15) is 29.6 Å². The molecule has 0 amide bonds. The normalized spacial score (nSPS) is 15.9. The molecule has 92 valence electrons. The van der Waals surface area contributed by atoms with E-state index in [4.69, 9.17) is 0 Å². The zero-order valence-electron chi connectivity index (χ0n) is 10.3. The summed E-state index contributed by atoms with van der Waals surface area (Å²) in [4.78, 5) is 18.2. The van der Waals surface area contributed by atoms with Gasteiger partial charge in [0.15, 0.2) is 6.29 Å². The van der Waals surface area contributed by atoms with Crippen molar-refractivity contribution in [1.29, 1.82) is 0 Å². The first kappa shape index (κ1) is 11.2. The van der Waals surface area contributed by atoms with Crippen molar-refractivity contribution in [2.45, 2.75) is 19.3 Å². The number of aromatic nitrogens is 1. The van der Waals surface area contributed by atoms with Crippen molar-refractivity contribution in [3.63, 3.8) is 0 Å². The zero-order valence-corrected chi connectivity index (χ0v) is 10.3. The number of fused-ring (bicyclic) bond motifs is 1. The lowest BCUT2D eigenvalue weighted by molar-refractivity contribution is 0.112.